The Hall–Kier alpha value is -3.00. The number of benzene rings is 1. The molecule has 0 amide bonds. The first-order chi connectivity index (χ1) is 13.8. The predicted molar refractivity (Wildman–Crippen MR) is 107 cm³/mol. The number of aliphatic imine (C=N–C) groups is 1. The van der Waals surface area contributed by atoms with E-state index in [-0.39, 0.29) is 5.78 Å². The molecule has 1 atom stereocenters. The van der Waals surface area contributed by atoms with Gasteiger partial charge in [-0.1, -0.05) is 12.1 Å². The fourth-order valence-electron chi connectivity index (χ4n) is 3.88. The van der Waals surface area contributed by atoms with E-state index in [0.29, 0.717) is 31.7 Å². The number of fused-ring (bicyclic) bond motifs is 2. The van der Waals surface area contributed by atoms with Gasteiger partial charge in [-0.25, -0.2) is 9.97 Å². The number of carbonyl (C=O) groups is 1. The third kappa shape index (κ3) is 3.09. The van der Waals surface area contributed by atoms with Crippen molar-refractivity contribution in [2.24, 2.45) is 4.99 Å². The molecule has 3 aliphatic rings. The molecule has 1 unspecified atom stereocenters. The monoisotopic (exact) mass is 378 g/mol. The second-order valence-corrected chi connectivity index (χ2v) is 7.19. The normalized spacial score (nSPS) is 21.6. The Morgan fingerprint density at radius 1 is 1.18 bits per heavy atom. The third-order valence-electron chi connectivity index (χ3n) is 5.26. The van der Waals surface area contributed by atoms with Crippen LogP contribution in [0.5, 0.6) is 5.75 Å². The molecule has 28 heavy (non-hydrogen) atoms. The highest BCUT2D eigenvalue weighted by Gasteiger charge is 2.37. The van der Waals surface area contributed by atoms with Gasteiger partial charge in [-0.05, 0) is 25.1 Å². The number of ketones is 1. The van der Waals surface area contributed by atoms with Crippen LogP contribution in [0.25, 0.3) is 0 Å². The number of para-hydroxylation sites is 2. The van der Waals surface area contributed by atoms with Crippen LogP contribution in [0.3, 0.4) is 0 Å². The van der Waals surface area contributed by atoms with Crippen LogP contribution in [0, 0.1) is 0 Å². The molecule has 8 nitrogen and oxygen atoms in total. The first kappa shape index (κ1) is 17.1. The van der Waals surface area contributed by atoms with Gasteiger partial charge in [0.1, 0.15) is 23.7 Å². The molecule has 1 aromatic heterocycles. The molecule has 0 saturated heterocycles. The summed E-state index contributed by atoms with van der Waals surface area (Å²) in [5.41, 5.74) is 2.77. The quantitative estimate of drug-likeness (QED) is 0.721. The lowest BCUT2D eigenvalue weighted by atomic mass is 10.0. The Morgan fingerprint density at radius 3 is 3.07 bits per heavy atom. The lowest BCUT2D eigenvalue weighted by molar-refractivity contribution is -0.125. The molecule has 144 valence electrons. The highest BCUT2D eigenvalue weighted by Crippen LogP contribution is 2.37. The summed E-state index contributed by atoms with van der Waals surface area (Å²) < 4.78 is 6.28. The van der Waals surface area contributed by atoms with E-state index in [1.54, 1.807) is 0 Å². The number of rotatable bonds is 0. The maximum Gasteiger partial charge on any atom is 0.233 e. The van der Waals surface area contributed by atoms with Gasteiger partial charge in [-0.2, -0.15) is 0 Å². The van der Waals surface area contributed by atoms with Gasteiger partial charge in [-0.3, -0.25) is 9.79 Å². The van der Waals surface area contributed by atoms with Gasteiger partial charge in [0.15, 0.2) is 5.78 Å². The van der Waals surface area contributed by atoms with Gasteiger partial charge >= 0.3 is 0 Å². The Labute approximate surface area is 163 Å². The summed E-state index contributed by atoms with van der Waals surface area (Å²) in [7, 11) is 0. The topological polar surface area (TPSA) is 91.7 Å². The van der Waals surface area contributed by atoms with E-state index >= 15 is 0 Å². The van der Waals surface area contributed by atoms with Gasteiger partial charge in [0.2, 0.25) is 6.23 Å². The molecule has 0 spiro atoms. The number of anilines is 3. The van der Waals surface area contributed by atoms with Crippen LogP contribution >= 0.6 is 0 Å². The first-order valence-electron chi connectivity index (χ1n) is 9.68. The van der Waals surface area contributed by atoms with Gasteiger partial charge in [-0.15, -0.1) is 0 Å². The number of aromatic nitrogens is 2. The van der Waals surface area contributed by atoms with E-state index in [1.807, 2.05) is 29.2 Å². The number of nitrogens with zero attached hydrogens (tertiary/aromatic N) is 4. The molecule has 4 heterocycles. The molecular weight excluding hydrogens is 356 g/mol. The van der Waals surface area contributed by atoms with Gasteiger partial charge in [0.05, 0.1) is 12.2 Å². The highest BCUT2D eigenvalue weighted by molar-refractivity contribution is 5.98. The number of Topliss-reactive ketones (excluding diaryl/α,β-unsaturated/α-hetero) is 1. The molecule has 1 aromatic carbocycles. The standard InChI is InChI=1S/C20H22N6O2/c27-16-6-9-21-7-3-8-22-13-10-14-18-23-12-24-19(14)26(11-13)20(16)28-17-5-2-1-4-15(17)25-18/h1-2,4-5,12,20-21H,3,6-11H2,(H,23,24,25). The highest BCUT2D eigenvalue weighted by atomic mass is 16.5. The summed E-state index contributed by atoms with van der Waals surface area (Å²) in [6, 6.07) is 7.64. The van der Waals surface area contributed by atoms with Gasteiger partial charge in [0, 0.05) is 37.2 Å². The first-order valence-corrected chi connectivity index (χ1v) is 9.68. The molecule has 3 aliphatic heterocycles. The van der Waals surface area contributed by atoms with Gasteiger partial charge < -0.3 is 20.3 Å². The summed E-state index contributed by atoms with van der Waals surface area (Å²) in [5.74, 6) is 2.13. The van der Waals surface area contributed by atoms with E-state index in [4.69, 9.17) is 9.73 Å². The van der Waals surface area contributed by atoms with E-state index in [0.717, 1.165) is 48.1 Å². The average Bonchev–Trinajstić information content (AvgIpc) is 2.73. The number of carbonyl (C=O) groups excluding carboxylic acids is 1. The largest absolute Gasteiger partial charge is 0.461 e. The van der Waals surface area contributed by atoms with Crippen LogP contribution in [0.1, 0.15) is 18.4 Å². The lowest BCUT2D eigenvalue weighted by Gasteiger charge is -2.36. The maximum absolute atomic E-state index is 13.2. The number of hydrogen-bond acceptors (Lipinski definition) is 8. The van der Waals surface area contributed by atoms with Crippen molar-refractivity contribution < 1.29 is 9.53 Å². The molecule has 0 radical (unpaired) electrons. The zero-order valence-electron chi connectivity index (χ0n) is 15.5. The van der Waals surface area contributed by atoms with Crippen LogP contribution in [0.2, 0.25) is 0 Å². The van der Waals surface area contributed by atoms with Crippen LogP contribution < -0.4 is 20.3 Å². The summed E-state index contributed by atoms with van der Waals surface area (Å²) in [5, 5.41) is 6.70. The van der Waals surface area contributed by atoms with E-state index < -0.39 is 6.23 Å². The second kappa shape index (κ2) is 7.20. The number of ether oxygens (including phenoxy) is 1. The molecule has 5 rings (SSSR count). The minimum absolute atomic E-state index is 0.0251. The summed E-state index contributed by atoms with van der Waals surface area (Å²) in [6.45, 7) is 2.79. The van der Waals surface area contributed by atoms with E-state index in [1.165, 1.54) is 6.33 Å². The van der Waals surface area contributed by atoms with Crippen LogP contribution in [0.4, 0.5) is 17.3 Å². The molecule has 0 fully saturated rings. The van der Waals surface area contributed by atoms with Crippen LogP contribution in [-0.2, 0) is 11.2 Å². The molecular formula is C20H22N6O2. The van der Waals surface area contributed by atoms with E-state index in [2.05, 4.69) is 20.6 Å². The predicted octanol–water partition coefficient (Wildman–Crippen LogP) is 1.69. The molecule has 5 bridgehead atoms. The second-order valence-electron chi connectivity index (χ2n) is 7.19. The Balaban J connectivity index is 1.69. The SMILES string of the molecule is O=C1CCNCCCN=C2Cc3c4ncnc3N(C2)C1Oc1ccccc1N4. The molecule has 0 saturated carbocycles. The third-order valence-corrected chi connectivity index (χ3v) is 5.26. The number of nitrogens with one attached hydrogen (secondary N) is 2. The van der Waals surface area contributed by atoms with Crippen molar-refractivity contribution in [1.29, 1.82) is 0 Å². The van der Waals surface area contributed by atoms with E-state index in [9.17, 15) is 4.79 Å². The summed E-state index contributed by atoms with van der Waals surface area (Å²) in [6.07, 6.45) is 2.81. The Kier molecular flexibility index (Phi) is 4.40. The zero-order chi connectivity index (χ0) is 18.9. The van der Waals surface area contributed by atoms with Crippen molar-refractivity contribution in [3.63, 3.8) is 0 Å². The van der Waals surface area contributed by atoms with Crippen molar-refractivity contribution in [2.45, 2.75) is 25.5 Å². The molecule has 8 heteroatoms. The average molecular weight is 378 g/mol. The molecule has 2 N–H and O–H groups in total. The minimum atomic E-state index is -0.755. The lowest BCUT2D eigenvalue weighted by Crippen LogP contribution is -2.51. The number of hydrogen-bond donors (Lipinski definition) is 2. The van der Waals surface area contributed by atoms with Crippen molar-refractivity contribution in [1.82, 2.24) is 15.3 Å². The summed E-state index contributed by atoms with van der Waals surface area (Å²) >= 11 is 0. The fraction of sp³-hybridized carbons (Fsp3) is 0.400. The van der Waals surface area contributed by atoms with Crippen molar-refractivity contribution in [3.8, 4) is 5.75 Å². The van der Waals surface area contributed by atoms with Crippen LogP contribution in [-0.4, -0.2) is 53.9 Å². The molecule has 2 aromatic rings. The fourth-order valence-corrected chi connectivity index (χ4v) is 3.88. The maximum atomic E-state index is 13.2. The minimum Gasteiger partial charge on any atom is -0.461 e. The summed E-state index contributed by atoms with van der Waals surface area (Å²) in [4.78, 5) is 28.9. The Bertz CT molecular complexity index is 944. The zero-order valence-corrected chi connectivity index (χ0v) is 15.5. The van der Waals surface area contributed by atoms with Gasteiger partial charge in [0.25, 0.3) is 0 Å². The Morgan fingerprint density at radius 2 is 2.11 bits per heavy atom. The van der Waals surface area contributed by atoms with Crippen LogP contribution in [0.15, 0.2) is 35.6 Å². The smallest absolute Gasteiger partial charge is 0.233 e. The van der Waals surface area contributed by atoms with Crippen molar-refractivity contribution in [3.05, 3.63) is 36.2 Å². The van der Waals surface area contributed by atoms with Crippen molar-refractivity contribution >= 4 is 28.8 Å². The van der Waals surface area contributed by atoms with Crippen molar-refractivity contribution in [2.75, 3.05) is 36.4 Å². The molecule has 0 aliphatic carbocycles.